The first kappa shape index (κ1) is 20.6. The Kier molecular flexibility index (Phi) is 8.91. The minimum absolute atomic E-state index is 0.375. The lowest BCUT2D eigenvalue weighted by atomic mass is 10.2. The second-order valence-corrected chi connectivity index (χ2v) is 6.43. The number of thiophene rings is 1. The van der Waals surface area contributed by atoms with Crippen molar-refractivity contribution in [1.82, 2.24) is 10.2 Å². The highest BCUT2D eigenvalue weighted by atomic mass is 79.9. The van der Waals surface area contributed by atoms with Gasteiger partial charge in [-0.05, 0) is 35.8 Å². The van der Waals surface area contributed by atoms with Crippen LogP contribution in [0.3, 0.4) is 0 Å². The van der Waals surface area contributed by atoms with Crippen LogP contribution in [0.2, 0.25) is 0 Å². The number of alkyl halides is 2. The average Bonchev–Trinajstić information content (AvgIpc) is 3.02. The molecule has 0 saturated carbocycles. The summed E-state index contributed by atoms with van der Waals surface area (Å²) >= 11 is 4.88. The summed E-state index contributed by atoms with van der Waals surface area (Å²) in [5, 5.41) is 4.73. The quantitative estimate of drug-likeness (QED) is 0.735. The van der Waals surface area contributed by atoms with Gasteiger partial charge in [0.2, 0.25) is 0 Å². The molecule has 0 bridgehead atoms. The van der Waals surface area contributed by atoms with Crippen LogP contribution in [-0.2, 0) is 9.53 Å². The van der Waals surface area contributed by atoms with Crippen molar-refractivity contribution in [2.24, 2.45) is 4.99 Å². The summed E-state index contributed by atoms with van der Waals surface area (Å²) in [5.41, 5.74) is 0.697. The van der Waals surface area contributed by atoms with Gasteiger partial charge in [-0.15, -0.1) is 11.3 Å². The Morgan fingerprint density at radius 3 is 2.54 bits per heavy atom. The van der Waals surface area contributed by atoms with Crippen LogP contribution >= 0.6 is 27.3 Å². The number of nitrogens with one attached hydrogen (secondary N) is 1. The van der Waals surface area contributed by atoms with Gasteiger partial charge in [0.15, 0.2) is 6.17 Å². The number of likely N-dealkylation sites (N-methyl/N-ethyl adjacent to an activating group) is 1. The predicted octanol–water partition coefficient (Wildman–Crippen LogP) is 3.58. The summed E-state index contributed by atoms with van der Waals surface area (Å²) in [6, 6.07) is 1.91. The van der Waals surface area contributed by atoms with Crippen molar-refractivity contribution in [3.63, 3.8) is 0 Å². The van der Waals surface area contributed by atoms with Crippen molar-refractivity contribution in [3.8, 4) is 0 Å². The van der Waals surface area contributed by atoms with E-state index in [9.17, 15) is 8.78 Å². The van der Waals surface area contributed by atoms with E-state index in [1.807, 2.05) is 36.3 Å². The maximum Gasteiger partial charge on any atom is 0.292 e. The smallest absolute Gasteiger partial charge is 0.292 e. The Morgan fingerprint density at radius 1 is 1.50 bits per heavy atom. The molecule has 134 valence electrons. The zero-order valence-corrected chi connectivity index (χ0v) is 16.0. The lowest BCUT2D eigenvalue weighted by molar-refractivity contribution is -0.126. The number of amidine groups is 1. The van der Waals surface area contributed by atoms with Crippen LogP contribution in [0.4, 0.5) is 8.78 Å². The van der Waals surface area contributed by atoms with E-state index in [4.69, 9.17) is 4.79 Å². The predicted molar refractivity (Wildman–Crippen MR) is 96.4 cm³/mol. The van der Waals surface area contributed by atoms with E-state index < -0.39 is 12.6 Å². The number of hydrogen-bond acceptors (Lipinski definition) is 6. The van der Waals surface area contributed by atoms with Crippen molar-refractivity contribution in [3.05, 3.63) is 26.9 Å². The molecule has 2 rings (SSSR count). The summed E-state index contributed by atoms with van der Waals surface area (Å²) < 4.78 is 30.9. The van der Waals surface area contributed by atoms with Gasteiger partial charge in [0, 0.05) is 29.0 Å². The lowest BCUT2D eigenvalue weighted by Gasteiger charge is -2.28. The molecule has 2 heterocycles. The Balaban J connectivity index is 0.000000648. The van der Waals surface area contributed by atoms with Crippen LogP contribution in [0.5, 0.6) is 0 Å². The molecular formula is C15H20BrF2N3O2S. The third kappa shape index (κ3) is 5.86. The van der Waals surface area contributed by atoms with E-state index in [0.29, 0.717) is 18.0 Å². The van der Waals surface area contributed by atoms with E-state index in [-0.39, 0.29) is 0 Å². The van der Waals surface area contributed by atoms with Crippen LogP contribution < -0.4 is 5.32 Å². The molecule has 1 aromatic heterocycles. The fraction of sp³-hybridized carbons (Fsp3) is 0.467. The van der Waals surface area contributed by atoms with Gasteiger partial charge >= 0.3 is 0 Å². The van der Waals surface area contributed by atoms with Gasteiger partial charge in [0.05, 0.1) is 17.7 Å². The molecule has 1 aromatic rings. The summed E-state index contributed by atoms with van der Waals surface area (Å²) in [5.74, 6) is 0.610. The molecule has 1 unspecified atom stereocenters. The normalized spacial score (nSPS) is 16.4. The Labute approximate surface area is 152 Å². The van der Waals surface area contributed by atoms with Crippen LogP contribution in [0.25, 0.3) is 5.70 Å². The van der Waals surface area contributed by atoms with Gasteiger partial charge < -0.3 is 15.0 Å². The Morgan fingerprint density at radius 2 is 2.12 bits per heavy atom. The topological polar surface area (TPSA) is 53.9 Å². The number of carbonyl (C=O) groups excluding carboxylic acids is 1. The van der Waals surface area contributed by atoms with Crippen LogP contribution in [-0.4, -0.2) is 50.0 Å². The molecule has 0 aromatic carbocycles. The molecule has 5 nitrogen and oxygen atoms in total. The fourth-order valence-corrected chi connectivity index (χ4v) is 3.39. The van der Waals surface area contributed by atoms with Gasteiger partial charge in [-0.3, -0.25) is 4.79 Å². The molecule has 0 aliphatic carbocycles. The van der Waals surface area contributed by atoms with Crippen molar-refractivity contribution < 1.29 is 18.3 Å². The zero-order valence-electron chi connectivity index (χ0n) is 13.6. The molecule has 1 aliphatic rings. The standard InChI is InChI=1S/C13H16BrF2N3S.C2H4O2/c1-3-19(4-2)11-6-9(10-5-8(14)7-20-10)17-13(18-11)12(15)16;1-4-2-3/h5-7,12-13,17H,3-4H2,1-2H3;2H,1H3. The highest BCUT2D eigenvalue weighted by molar-refractivity contribution is 9.10. The number of nitrogens with zero attached hydrogens (tertiary/aromatic N) is 2. The molecule has 1 N–H and O–H groups in total. The molecule has 0 amide bonds. The molecule has 0 radical (unpaired) electrons. The molecule has 0 saturated heterocycles. The maximum atomic E-state index is 13.0. The first-order valence-corrected chi connectivity index (χ1v) is 8.94. The van der Waals surface area contributed by atoms with Crippen LogP contribution in [0.1, 0.15) is 18.7 Å². The summed E-state index contributed by atoms with van der Waals surface area (Å²) in [6.45, 7) is 5.83. The second-order valence-electron chi connectivity index (χ2n) is 4.60. The zero-order chi connectivity index (χ0) is 18.1. The van der Waals surface area contributed by atoms with Crippen LogP contribution in [0, 0.1) is 0 Å². The second kappa shape index (κ2) is 10.4. The van der Waals surface area contributed by atoms with E-state index in [0.717, 1.165) is 22.4 Å². The highest BCUT2D eigenvalue weighted by Crippen LogP contribution is 2.27. The minimum Gasteiger partial charge on any atom is -0.471 e. The molecular weight excluding hydrogens is 404 g/mol. The lowest BCUT2D eigenvalue weighted by Crippen LogP contribution is -2.41. The van der Waals surface area contributed by atoms with Gasteiger partial charge in [-0.25, -0.2) is 13.8 Å². The molecule has 24 heavy (non-hydrogen) atoms. The number of aliphatic imine (C=N–C) groups is 1. The summed E-state index contributed by atoms with van der Waals surface area (Å²) in [7, 11) is 1.31. The number of methoxy groups -OCH3 is 1. The highest BCUT2D eigenvalue weighted by Gasteiger charge is 2.26. The SMILES string of the molecule is CCN(CC)C1=NC(C(F)F)NC(c2cc(Br)cs2)=C1.COC=O. The summed E-state index contributed by atoms with van der Waals surface area (Å²) in [4.78, 5) is 15.9. The van der Waals surface area contributed by atoms with Gasteiger partial charge in [-0.1, -0.05) is 0 Å². The van der Waals surface area contributed by atoms with E-state index in [1.54, 1.807) is 0 Å². The monoisotopic (exact) mass is 423 g/mol. The third-order valence-electron chi connectivity index (χ3n) is 3.10. The molecule has 1 atom stereocenters. The number of halogens is 3. The van der Waals surface area contributed by atoms with E-state index >= 15 is 0 Å². The first-order chi connectivity index (χ1) is 11.5. The summed E-state index contributed by atoms with van der Waals surface area (Å²) in [6.07, 6.45) is -1.89. The molecule has 9 heteroatoms. The fourth-order valence-electron chi connectivity index (χ4n) is 1.98. The van der Waals surface area contributed by atoms with Crippen molar-refractivity contribution in [2.45, 2.75) is 26.4 Å². The minimum atomic E-state index is -2.53. The number of hydrogen-bond donors (Lipinski definition) is 1. The maximum absolute atomic E-state index is 13.0. The molecule has 1 aliphatic heterocycles. The largest absolute Gasteiger partial charge is 0.471 e. The number of ether oxygens (including phenoxy) is 1. The van der Waals surface area contributed by atoms with Crippen molar-refractivity contribution >= 4 is 45.3 Å². The van der Waals surface area contributed by atoms with Crippen molar-refractivity contribution in [2.75, 3.05) is 20.2 Å². The van der Waals surface area contributed by atoms with Gasteiger partial charge in [0.1, 0.15) is 5.84 Å². The molecule has 0 spiro atoms. The first-order valence-electron chi connectivity index (χ1n) is 7.26. The van der Waals surface area contributed by atoms with E-state index in [2.05, 4.69) is 31.0 Å². The number of carbonyl (C=O) groups is 1. The van der Waals surface area contributed by atoms with E-state index in [1.165, 1.54) is 18.4 Å². The average molecular weight is 424 g/mol. The van der Waals surface area contributed by atoms with Crippen LogP contribution in [0.15, 0.2) is 27.0 Å². The Bertz CT molecular complexity index is 589. The Hall–Kier alpha value is -1.48. The third-order valence-corrected chi connectivity index (χ3v) is 4.83. The van der Waals surface area contributed by atoms with Crippen molar-refractivity contribution in [1.29, 1.82) is 0 Å². The number of rotatable bonds is 5. The molecule has 0 fully saturated rings. The van der Waals surface area contributed by atoms with Gasteiger partial charge in [-0.2, -0.15) is 0 Å². The van der Waals surface area contributed by atoms with Gasteiger partial charge in [0.25, 0.3) is 12.9 Å².